The molecule has 6 nitrogen and oxygen atoms in total. The van der Waals surface area contributed by atoms with Crippen LogP contribution in [0.15, 0.2) is 45.6 Å². The highest BCUT2D eigenvalue weighted by molar-refractivity contribution is 7.99. The molecule has 0 fully saturated rings. The van der Waals surface area contributed by atoms with Crippen molar-refractivity contribution in [3.05, 3.63) is 57.3 Å². The van der Waals surface area contributed by atoms with Crippen LogP contribution in [0.5, 0.6) is 0 Å². The van der Waals surface area contributed by atoms with Crippen LogP contribution >= 0.6 is 11.8 Å². The van der Waals surface area contributed by atoms with Crippen molar-refractivity contribution in [1.29, 1.82) is 0 Å². The van der Waals surface area contributed by atoms with E-state index in [0.717, 1.165) is 24.3 Å². The van der Waals surface area contributed by atoms with Crippen LogP contribution in [0, 0.1) is 0 Å². The Hall–Kier alpha value is -2.41. The zero-order chi connectivity index (χ0) is 17.4. The predicted molar refractivity (Wildman–Crippen MR) is 96.8 cm³/mol. The van der Waals surface area contributed by atoms with E-state index in [-0.39, 0.29) is 11.3 Å². The van der Waals surface area contributed by atoms with Gasteiger partial charge >= 0.3 is 0 Å². The molecule has 0 amide bonds. The van der Waals surface area contributed by atoms with E-state index in [1.165, 1.54) is 11.8 Å². The Kier molecular flexibility index (Phi) is 4.17. The first-order valence-electron chi connectivity index (χ1n) is 8.40. The van der Waals surface area contributed by atoms with Gasteiger partial charge in [-0.25, -0.2) is 4.98 Å². The van der Waals surface area contributed by atoms with E-state index >= 15 is 0 Å². The van der Waals surface area contributed by atoms with E-state index in [1.54, 1.807) is 6.20 Å². The number of H-pyrrole nitrogens is 1. The smallest absolute Gasteiger partial charge is 0.257 e. The third-order valence-corrected chi connectivity index (χ3v) is 5.26. The first kappa shape index (κ1) is 16.1. The molecule has 0 spiro atoms. The molecule has 4 rings (SSSR count). The van der Waals surface area contributed by atoms with Crippen LogP contribution in [0.4, 0.5) is 5.82 Å². The molecule has 1 aliphatic heterocycles. The van der Waals surface area contributed by atoms with Crippen molar-refractivity contribution in [3.8, 4) is 0 Å². The lowest BCUT2D eigenvalue weighted by Crippen LogP contribution is -2.33. The Morgan fingerprint density at radius 3 is 2.92 bits per heavy atom. The summed E-state index contributed by atoms with van der Waals surface area (Å²) in [7, 11) is 0. The minimum atomic E-state index is -0.461. The van der Waals surface area contributed by atoms with E-state index < -0.39 is 5.92 Å². The number of nitrogens with one attached hydrogen (secondary N) is 2. The number of hydrogen-bond donors (Lipinski definition) is 2. The number of fused-ring (bicyclic) bond motifs is 1. The fourth-order valence-electron chi connectivity index (χ4n) is 3.49. The van der Waals surface area contributed by atoms with E-state index in [1.807, 2.05) is 25.1 Å². The lowest BCUT2D eigenvalue weighted by Gasteiger charge is -2.32. The third-order valence-electron chi connectivity index (χ3n) is 4.50. The standard InChI is InChI=1S/C18H18N4O2S/c1-2-25-18-21-16-15(17(24)22-18)14(10-6-3-4-9-19-10)13-11(20-16)7-5-8-12(13)23/h3-4,6,9,14H,2,5,7-8H2,1H3,(H2,20,21,22,24). The number of rotatable bonds is 3. The lowest BCUT2D eigenvalue weighted by molar-refractivity contribution is -0.116. The molecule has 2 aromatic rings. The Labute approximate surface area is 149 Å². The Balaban J connectivity index is 1.95. The van der Waals surface area contributed by atoms with Gasteiger partial charge in [0.25, 0.3) is 5.56 Å². The molecule has 2 N–H and O–H groups in total. The fourth-order valence-corrected chi connectivity index (χ4v) is 4.08. The number of anilines is 1. The number of aromatic nitrogens is 3. The number of allylic oxidation sites excluding steroid dienone is 2. The van der Waals surface area contributed by atoms with Crippen molar-refractivity contribution < 1.29 is 4.79 Å². The molecule has 0 saturated carbocycles. The normalized spacial score (nSPS) is 19.2. The van der Waals surface area contributed by atoms with Crippen molar-refractivity contribution >= 4 is 23.4 Å². The summed E-state index contributed by atoms with van der Waals surface area (Å²) in [6.45, 7) is 2.01. The number of carbonyl (C=O) groups is 1. The summed E-state index contributed by atoms with van der Waals surface area (Å²) in [6.07, 6.45) is 3.80. The Bertz CT molecular complexity index is 920. The number of Topliss-reactive ketones (excluding diaryl/α,β-unsaturated/α-hetero) is 1. The average molecular weight is 354 g/mol. The molecule has 0 bridgehead atoms. The van der Waals surface area contributed by atoms with Crippen LogP contribution in [0.25, 0.3) is 0 Å². The maximum Gasteiger partial charge on any atom is 0.257 e. The number of carbonyl (C=O) groups excluding carboxylic acids is 1. The fraction of sp³-hybridized carbons (Fsp3) is 0.333. The minimum absolute atomic E-state index is 0.0847. The number of nitrogens with zero attached hydrogens (tertiary/aromatic N) is 2. The lowest BCUT2D eigenvalue weighted by atomic mass is 9.78. The molecule has 1 unspecified atom stereocenters. The molecular weight excluding hydrogens is 336 g/mol. The Morgan fingerprint density at radius 2 is 2.16 bits per heavy atom. The van der Waals surface area contributed by atoms with E-state index in [4.69, 9.17) is 0 Å². The summed E-state index contributed by atoms with van der Waals surface area (Å²) < 4.78 is 0. The van der Waals surface area contributed by atoms with E-state index in [9.17, 15) is 9.59 Å². The van der Waals surface area contributed by atoms with Gasteiger partial charge in [0.2, 0.25) is 0 Å². The van der Waals surface area contributed by atoms with Crippen molar-refractivity contribution in [2.45, 2.75) is 37.3 Å². The van der Waals surface area contributed by atoms with Crippen molar-refractivity contribution in [2.24, 2.45) is 0 Å². The van der Waals surface area contributed by atoms with Gasteiger partial charge in [0, 0.05) is 23.9 Å². The second-order valence-electron chi connectivity index (χ2n) is 6.05. The van der Waals surface area contributed by atoms with Gasteiger partial charge in [-0.15, -0.1) is 0 Å². The van der Waals surface area contributed by atoms with Crippen LogP contribution < -0.4 is 10.9 Å². The molecule has 1 aliphatic carbocycles. The van der Waals surface area contributed by atoms with Crippen LogP contribution in [0.2, 0.25) is 0 Å². The van der Waals surface area contributed by atoms with E-state index in [0.29, 0.717) is 34.2 Å². The quantitative estimate of drug-likeness (QED) is 0.651. The monoisotopic (exact) mass is 354 g/mol. The molecule has 0 radical (unpaired) electrons. The molecule has 1 atom stereocenters. The topological polar surface area (TPSA) is 87.7 Å². The van der Waals surface area contributed by atoms with Crippen molar-refractivity contribution in [2.75, 3.05) is 11.1 Å². The average Bonchev–Trinajstić information content (AvgIpc) is 2.61. The molecule has 2 aromatic heterocycles. The van der Waals surface area contributed by atoms with Crippen LogP contribution in [-0.2, 0) is 4.79 Å². The second-order valence-corrected chi connectivity index (χ2v) is 7.30. The summed E-state index contributed by atoms with van der Waals surface area (Å²) in [5.41, 5.74) is 2.52. The van der Waals surface area contributed by atoms with Crippen LogP contribution in [0.1, 0.15) is 43.4 Å². The zero-order valence-electron chi connectivity index (χ0n) is 13.8. The number of aromatic amines is 1. The van der Waals surface area contributed by atoms with Gasteiger partial charge in [0.05, 0.1) is 17.2 Å². The van der Waals surface area contributed by atoms with Gasteiger partial charge in [-0.3, -0.25) is 14.6 Å². The molecule has 128 valence electrons. The first-order valence-corrected chi connectivity index (χ1v) is 9.38. The molecule has 2 aliphatic rings. The third kappa shape index (κ3) is 2.78. The number of thioether (sulfide) groups is 1. The highest BCUT2D eigenvalue weighted by Crippen LogP contribution is 2.42. The van der Waals surface area contributed by atoms with Crippen LogP contribution in [-0.4, -0.2) is 26.5 Å². The maximum atomic E-state index is 12.8. The number of hydrogen-bond acceptors (Lipinski definition) is 6. The molecular formula is C18H18N4O2S. The number of ketones is 1. The summed E-state index contributed by atoms with van der Waals surface area (Å²) in [4.78, 5) is 37.3. The van der Waals surface area contributed by atoms with Gasteiger partial charge < -0.3 is 10.3 Å². The number of pyridine rings is 1. The highest BCUT2D eigenvalue weighted by Gasteiger charge is 2.38. The summed E-state index contributed by atoms with van der Waals surface area (Å²) in [5, 5.41) is 3.84. The van der Waals surface area contributed by atoms with Gasteiger partial charge in [-0.2, -0.15) is 0 Å². The largest absolute Gasteiger partial charge is 0.343 e. The predicted octanol–water partition coefficient (Wildman–Crippen LogP) is 2.84. The van der Waals surface area contributed by atoms with Gasteiger partial charge in [0.1, 0.15) is 5.82 Å². The van der Waals surface area contributed by atoms with Crippen LogP contribution in [0.3, 0.4) is 0 Å². The highest BCUT2D eigenvalue weighted by atomic mass is 32.2. The summed E-state index contributed by atoms with van der Waals surface area (Å²) in [5.74, 6) is 0.986. The molecule has 3 heterocycles. The van der Waals surface area contributed by atoms with Gasteiger partial charge in [-0.05, 0) is 30.7 Å². The molecule has 0 aromatic carbocycles. The zero-order valence-corrected chi connectivity index (χ0v) is 14.7. The SMILES string of the molecule is CCSc1nc2c(c(=O)[nH]1)C(c1ccccn1)C1=C(CCCC1=O)N2. The summed E-state index contributed by atoms with van der Waals surface area (Å²) >= 11 is 1.48. The maximum absolute atomic E-state index is 12.8. The van der Waals surface area contributed by atoms with Crippen molar-refractivity contribution in [3.63, 3.8) is 0 Å². The van der Waals surface area contributed by atoms with E-state index in [2.05, 4.69) is 20.3 Å². The van der Waals surface area contributed by atoms with Crippen molar-refractivity contribution in [1.82, 2.24) is 15.0 Å². The first-order chi connectivity index (χ1) is 12.2. The second kappa shape index (κ2) is 6.48. The summed E-state index contributed by atoms with van der Waals surface area (Å²) in [6, 6.07) is 5.56. The minimum Gasteiger partial charge on any atom is -0.343 e. The Morgan fingerprint density at radius 1 is 1.28 bits per heavy atom. The van der Waals surface area contributed by atoms with Gasteiger partial charge in [0.15, 0.2) is 10.9 Å². The van der Waals surface area contributed by atoms with Gasteiger partial charge in [-0.1, -0.05) is 24.8 Å². The molecule has 25 heavy (non-hydrogen) atoms. The molecule has 7 heteroatoms. The molecule has 0 saturated heterocycles.